The normalized spacial score (nSPS) is 10.9. The van der Waals surface area contributed by atoms with Gasteiger partial charge in [0.2, 0.25) is 0 Å². The Balaban J connectivity index is 2.43. The van der Waals surface area contributed by atoms with Gasteiger partial charge >= 0.3 is 11.3 Å². The highest BCUT2D eigenvalue weighted by molar-refractivity contribution is 5.66. The molecule has 0 radical (unpaired) electrons. The average Bonchev–Trinajstić information content (AvgIpc) is 2.53. The monoisotopic (exact) mass is 282 g/mol. The zero-order valence-electron chi connectivity index (χ0n) is 11.7. The molecule has 2 aromatic heterocycles. The van der Waals surface area contributed by atoms with E-state index in [1.54, 1.807) is 23.0 Å². The fourth-order valence-electron chi connectivity index (χ4n) is 2.45. The molecule has 0 bridgehead atoms. The minimum absolute atomic E-state index is 0.0354. The SMILES string of the molecule is CCC[n+]1c(O)c(-c2ccccc2)c(=O)n2cccnc21. The van der Waals surface area contributed by atoms with Crippen LogP contribution in [-0.4, -0.2) is 14.5 Å². The van der Waals surface area contributed by atoms with Gasteiger partial charge in [0.15, 0.2) is 0 Å². The predicted octanol–water partition coefficient (Wildman–Crippen LogP) is 1.76. The Morgan fingerprint density at radius 3 is 2.71 bits per heavy atom. The fraction of sp³-hybridized carbons (Fsp3) is 0.188. The van der Waals surface area contributed by atoms with Crippen LogP contribution in [0, 0.1) is 0 Å². The van der Waals surface area contributed by atoms with E-state index >= 15 is 0 Å². The number of benzene rings is 1. The first kappa shape index (κ1) is 13.3. The first-order valence-electron chi connectivity index (χ1n) is 6.91. The maximum atomic E-state index is 12.7. The second-order valence-corrected chi connectivity index (χ2v) is 4.81. The van der Waals surface area contributed by atoms with Gasteiger partial charge in [-0.1, -0.05) is 42.2 Å². The first-order chi connectivity index (χ1) is 10.2. The van der Waals surface area contributed by atoms with Gasteiger partial charge in [-0.2, -0.15) is 8.97 Å². The van der Waals surface area contributed by atoms with Gasteiger partial charge in [-0.3, -0.25) is 0 Å². The van der Waals surface area contributed by atoms with E-state index in [-0.39, 0.29) is 11.4 Å². The number of rotatable bonds is 3. The van der Waals surface area contributed by atoms with E-state index in [2.05, 4.69) is 4.98 Å². The lowest BCUT2D eigenvalue weighted by Crippen LogP contribution is -2.41. The van der Waals surface area contributed by atoms with Gasteiger partial charge in [0.05, 0.1) is 12.7 Å². The van der Waals surface area contributed by atoms with Crippen LogP contribution in [0.1, 0.15) is 13.3 Å². The van der Waals surface area contributed by atoms with E-state index in [0.717, 1.165) is 6.42 Å². The molecule has 3 rings (SSSR count). The summed E-state index contributed by atoms with van der Waals surface area (Å²) < 4.78 is 3.14. The van der Waals surface area contributed by atoms with Crippen LogP contribution >= 0.6 is 0 Å². The topological polar surface area (TPSA) is 58.5 Å². The summed E-state index contributed by atoms with van der Waals surface area (Å²) in [7, 11) is 0. The van der Waals surface area contributed by atoms with E-state index < -0.39 is 0 Å². The van der Waals surface area contributed by atoms with Crippen molar-refractivity contribution >= 4 is 5.78 Å². The van der Waals surface area contributed by atoms with Crippen LogP contribution in [-0.2, 0) is 6.54 Å². The highest BCUT2D eigenvalue weighted by Crippen LogP contribution is 2.22. The minimum Gasteiger partial charge on any atom is -0.483 e. The smallest absolute Gasteiger partial charge is 0.409 e. The molecule has 1 N–H and O–H groups in total. The van der Waals surface area contributed by atoms with Crippen molar-refractivity contribution in [2.45, 2.75) is 19.9 Å². The largest absolute Gasteiger partial charge is 0.483 e. The molecular formula is C16H16N3O2+. The van der Waals surface area contributed by atoms with E-state index in [4.69, 9.17) is 0 Å². The van der Waals surface area contributed by atoms with Crippen LogP contribution in [0.5, 0.6) is 5.88 Å². The zero-order valence-corrected chi connectivity index (χ0v) is 11.7. The lowest BCUT2D eigenvalue weighted by atomic mass is 10.1. The maximum absolute atomic E-state index is 12.7. The molecule has 0 aliphatic carbocycles. The van der Waals surface area contributed by atoms with Crippen molar-refractivity contribution in [2.24, 2.45) is 0 Å². The molecule has 0 saturated carbocycles. The van der Waals surface area contributed by atoms with Crippen LogP contribution in [0.4, 0.5) is 0 Å². The molecule has 0 spiro atoms. The predicted molar refractivity (Wildman–Crippen MR) is 79.0 cm³/mol. The number of hydrogen-bond acceptors (Lipinski definition) is 3. The van der Waals surface area contributed by atoms with Crippen LogP contribution in [0.2, 0.25) is 0 Å². The molecule has 0 atom stereocenters. The molecule has 106 valence electrons. The first-order valence-corrected chi connectivity index (χ1v) is 6.91. The van der Waals surface area contributed by atoms with Crippen LogP contribution < -0.4 is 10.1 Å². The summed E-state index contributed by atoms with van der Waals surface area (Å²) in [4.78, 5) is 16.9. The summed E-state index contributed by atoms with van der Waals surface area (Å²) in [5.74, 6) is 0.410. The van der Waals surface area contributed by atoms with Gasteiger partial charge < -0.3 is 5.11 Å². The quantitative estimate of drug-likeness (QED) is 0.745. The van der Waals surface area contributed by atoms with E-state index in [1.165, 1.54) is 4.40 Å². The van der Waals surface area contributed by atoms with Gasteiger partial charge in [0.25, 0.3) is 5.88 Å². The molecule has 0 aliphatic rings. The lowest BCUT2D eigenvalue weighted by Gasteiger charge is -2.09. The van der Waals surface area contributed by atoms with E-state index in [1.807, 2.05) is 37.3 Å². The molecule has 1 aromatic carbocycles. The van der Waals surface area contributed by atoms with Crippen molar-refractivity contribution in [3.63, 3.8) is 0 Å². The lowest BCUT2D eigenvalue weighted by molar-refractivity contribution is -0.682. The van der Waals surface area contributed by atoms with Crippen molar-refractivity contribution in [2.75, 3.05) is 0 Å². The van der Waals surface area contributed by atoms with Gasteiger partial charge in [-0.05, 0) is 12.0 Å². The molecule has 0 amide bonds. The van der Waals surface area contributed by atoms with Gasteiger partial charge in [0, 0.05) is 6.07 Å². The van der Waals surface area contributed by atoms with Crippen molar-refractivity contribution in [1.29, 1.82) is 0 Å². The fourth-order valence-corrected chi connectivity index (χ4v) is 2.45. The van der Waals surface area contributed by atoms with E-state index in [9.17, 15) is 9.90 Å². The Morgan fingerprint density at radius 1 is 1.24 bits per heavy atom. The highest BCUT2D eigenvalue weighted by Gasteiger charge is 2.23. The van der Waals surface area contributed by atoms with Crippen LogP contribution in [0.25, 0.3) is 16.9 Å². The molecule has 0 unspecified atom stereocenters. The zero-order chi connectivity index (χ0) is 14.8. The third-order valence-electron chi connectivity index (χ3n) is 3.39. The Hall–Kier alpha value is -2.69. The Bertz CT molecular complexity index is 841. The maximum Gasteiger partial charge on any atom is 0.409 e. The Kier molecular flexibility index (Phi) is 3.39. The molecular weight excluding hydrogens is 266 g/mol. The Labute approximate surface area is 121 Å². The molecule has 2 heterocycles. The van der Waals surface area contributed by atoms with Gasteiger partial charge in [0.1, 0.15) is 11.8 Å². The number of hydrogen-bond donors (Lipinski definition) is 1. The summed E-state index contributed by atoms with van der Waals surface area (Å²) in [5.41, 5.74) is 0.729. The summed E-state index contributed by atoms with van der Waals surface area (Å²) in [5, 5.41) is 10.6. The minimum atomic E-state index is -0.269. The highest BCUT2D eigenvalue weighted by atomic mass is 16.3. The average molecular weight is 282 g/mol. The van der Waals surface area contributed by atoms with Crippen molar-refractivity contribution in [3.05, 3.63) is 59.1 Å². The van der Waals surface area contributed by atoms with Gasteiger partial charge in [-0.25, -0.2) is 4.79 Å². The molecule has 0 aliphatic heterocycles. The number of aryl methyl sites for hydroxylation is 1. The number of aromatic hydroxyl groups is 1. The van der Waals surface area contributed by atoms with Crippen molar-refractivity contribution in [1.82, 2.24) is 9.38 Å². The third-order valence-corrected chi connectivity index (χ3v) is 3.39. The third kappa shape index (κ3) is 2.16. The summed E-state index contributed by atoms with van der Waals surface area (Å²) in [6.45, 7) is 2.60. The summed E-state index contributed by atoms with van der Waals surface area (Å²) >= 11 is 0. The van der Waals surface area contributed by atoms with Crippen molar-refractivity contribution < 1.29 is 9.67 Å². The van der Waals surface area contributed by atoms with Crippen LogP contribution in [0.15, 0.2) is 53.6 Å². The second kappa shape index (κ2) is 5.36. The molecule has 0 saturated heterocycles. The molecule has 21 heavy (non-hydrogen) atoms. The number of fused-ring (bicyclic) bond motifs is 1. The number of nitrogens with zero attached hydrogens (tertiary/aromatic N) is 3. The van der Waals surface area contributed by atoms with Crippen molar-refractivity contribution in [3.8, 4) is 17.0 Å². The van der Waals surface area contributed by atoms with Gasteiger partial charge in [-0.15, -0.1) is 0 Å². The van der Waals surface area contributed by atoms with Crippen LogP contribution in [0.3, 0.4) is 0 Å². The molecule has 5 heteroatoms. The second-order valence-electron chi connectivity index (χ2n) is 4.81. The molecule has 3 aromatic rings. The standard InChI is InChI=1S/C16H15N3O2/c1-2-10-18-14(20)13(12-7-4-3-5-8-12)15(21)19-11-6-9-17-16(18)19/h3-9,11H,2,10H2,1H3/p+1. The summed E-state index contributed by atoms with van der Waals surface area (Å²) in [6, 6.07) is 10.9. The molecule has 0 fully saturated rings. The Morgan fingerprint density at radius 2 is 2.00 bits per heavy atom. The molecule has 5 nitrogen and oxygen atoms in total. The number of aromatic nitrogens is 3. The summed E-state index contributed by atoms with van der Waals surface area (Å²) in [6.07, 6.45) is 4.11. The van der Waals surface area contributed by atoms with E-state index in [0.29, 0.717) is 23.4 Å².